The molecule has 0 heterocycles. The van der Waals surface area contributed by atoms with Crippen LogP contribution in [0.4, 0.5) is 0 Å². The summed E-state index contributed by atoms with van der Waals surface area (Å²) in [6.45, 7) is 0. The van der Waals surface area contributed by atoms with Gasteiger partial charge in [-0.25, -0.2) is 4.79 Å². The van der Waals surface area contributed by atoms with Gasteiger partial charge in [-0.05, 0) is 0 Å². The van der Waals surface area contributed by atoms with Crippen molar-refractivity contribution < 1.29 is 53.7 Å². The number of carbonyl (C=O) groups is 1. The first-order chi connectivity index (χ1) is 5.65. The first kappa shape index (κ1) is 15.4. The van der Waals surface area contributed by atoms with Crippen molar-refractivity contribution in [3.05, 3.63) is 11.8 Å². The predicted molar refractivity (Wildman–Crippen MR) is 37.9 cm³/mol. The van der Waals surface area contributed by atoms with E-state index in [9.17, 15) is 9.90 Å². The Hall–Kier alpha value is -0.0700. The van der Waals surface area contributed by atoms with Gasteiger partial charge in [-0.2, -0.15) is 0 Å². The third kappa shape index (κ3) is 6.06. The molecule has 0 aliphatic heterocycles. The van der Waals surface area contributed by atoms with Crippen LogP contribution in [-0.4, -0.2) is 33.6 Å². The van der Waals surface area contributed by atoms with E-state index in [0.717, 1.165) is 6.08 Å². The summed E-state index contributed by atoms with van der Waals surface area (Å²) < 4.78 is 13.4. The van der Waals surface area contributed by atoms with E-state index in [1.807, 2.05) is 0 Å². The maximum Gasteiger partial charge on any atom is 1.00 e. The van der Waals surface area contributed by atoms with Gasteiger partial charge in [-0.1, -0.05) is 5.76 Å². The van der Waals surface area contributed by atoms with Crippen molar-refractivity contribution in [3.8, 4) is 0 Å². The van der Waals surface area contributed by atoms with Gasteiger partial charge in [0.15, 0.2) is 6.29 Å². The molecule has 0 aliphatic carbocycles. The van der Waals surface area contributed by atoms with Crippen molar-refractivity contribution in [1.82, 2.24) is 0 Å². The van der Waals surface area contributed by atoms with Gasteiger partial charge in [-0.3, -0.25) is 0 Å². The van der Waals surface area contributed by atoms with Gasteiger partial charge in [0, 0.05) is 20.3 Å². The molecular formula is C7H11NaO5. The Kier molecular flexibility index (Phi) is 10.1. The number of ether oxygens (including phenoxy) is 3. The van der Waals surface area contributed by atoms with Crippen LogP contribution < -0.4 is 34.7 Å². The average molecular weight is 198 g/mol. The molecular weight excluding hydrogens is 187 g/mol. The summed E-state index contributed by atoms with van der Waals surface area (Å²) in [5, 5.41) is 11.0. The third-order valence-electron chi connectivity index (χ3n) is 1.12. The summed E-state index contributed by atoms with van der Waals surface area (Å²) in [6, 6.07) is 0. The van der Waals surface area contributed by atoms with Gasteiger partial charge < -0.3 is 19.3 Å². The molecule has 0 aromatic heterocycles. The van der Waals surface area contributed by atoms with Crippen LogP contribution in [0, 0.1) is 0 Å². The van der Waals surface area contributed by atoms with Gasteiger partial charge in [0.2, 0.25) is 0 Å². The number of hydrogen-bond donors (Lipinski definition) is 0. The van der Waals surface area contributed by atoms with Crippen molar-refractivity contribution in [2.75, 3.05) is 21.3 Å². The normalized spacial score (nSPS) is 10.9. The molecule has 0 atom stereocenters. The summed E-state index contributed by atoms with van der Waals surface area (Å²) in [7, 11) is 3.79. The van der Waals surface area contributed by atoms with E-state index < -0.39 is 18.0 Å². The number of carbonyl (C=O) groups excluding carboxylic acids is 1. The first-order valence-electron chi connectivity index (χ1n) is 3.17. The van der Waals surface area contributed by atoms with Crippen molar-refractivity contribution in [1.29, 1.82) is 0 Å². The quantitative estimate of drug-likeness (QED) is 0.151. The van der Waals surface area contributed by atoms with E-state index in [0.29, 0.717) is 0 Å². The van der Waals surface area contributed by atoms with Crippen LogP contribution in [0.3, 0.4) is 0 Å². The Labute approximate surface area is 98.9 Å². The van der Waals surface area contributed by atoms with Gasteiger partial charge in [0.05, 0.1) is 7.11 Å². The third-order valence-corrected chi connectivity index (χ3v) is 1.12. The zero-order valence-electron chi connectivity index (χ0n) is 8.20. The maximum absolute atomic E-state index is 11.0. The Morgan fingerprint density at radius 2 is 1.77 bits per heavy atom. The summed E-state index contributed by atoms with van der Waals surface area (Å²) in [6.07, 6.45) is -0.262. The van der Waals surface area contributed by atoms with Crippen LogP contribution in [0.1, 0.15) is 0 Å². The molecule has 0 spiro atoms. The average Bonchev–Trinajstić information content (AvgIpc) is 2.06. The maximum atomic E-state index is 11.0. The smallest absolute Gasteiger partial charge is 0.872 e. The predicted octanol–water partition coefficient (Wildman–Crippen LogP) is -3.97. The molecule has 0 amide bonds. The van der Waals surface area contributed by atoms with Crippen LogP contribution in [0.15, 0.2) is 11.8 Å². The van der Waals surface area contributed by atoms with Crippen LogP contribution in [-0.2, 0) is 19.0 Å². The Bertz CT molecular complexity index is 176. The topological polar surface area (TPSA) is 67.8 Å². The fourth-order valence-corrected chi connectivity index (χ4v) is 0.572. The Morgan fingerprint density at radius 1 is 1.31 bits per heavy atom. The molecule has 0 N–H and O–H groups in total. The van der Waals surface area contributed by atoms with E-state index >= 15 is 0 Å². The molecule has 0 saturated carbocycles. The monoisotopic (exact) mass is 198 g/mol. The SMILES string of the molecule is COC(=O)/C=C(\[O-])C(OC)OC.[Na+]. The van der Waals surface area contributed by atoms with Gasteiger partial charge in [-0.15, -0.1) is 0 Å². The molecule has 70 valence electrons. The minimum absolute atomic E-state index is 0. The first-order valence-corrected chi connectivity index (χ1v) is 3.17. The number of methoxy groups -OCH3 is 3. The molecule has 0 saturated heterocycles. The van der Waals surface area contributed by atoms with Gasteiger partial charge >= 0.3 is 35.5 Å². The number of rotatable bonds is 4. The minimum Gasteiger partial charge on any atom is -0.872 e. The van der Waals surface area contributed by atoms with Crippen molar-refractivity contribution >= 4 is 5.97 Å². The molecule has 13 heavy (non-hydrogen) atoms. The van der Waals surface area contributed by atoms with Crippen molar-refractivity contribution in [2.45, 2.75) is 6.29 Å². The van der Waals surface area contributed by atoms with E-state index in [-0.39, 0.29) is 29.6 Å². The van der Waals surface area contributed by atoms with Gasteiger partial charge in [0.25, 0.3) is 0 Å². The molecule has 0 fully saturated rings. The second-order valence-electron chi connectivity index (χ2n) is 1.87. The summed E-state index contributed by atoms with van der Waals surface area (Å²) >= 11 is 0. The van der Waals surface area contributed by atoms with Crippen molar-refractivity contribution in [3.63, 3.8) is 0 Å². The molecule has 0 radical (unpaired) electrons. The molecule has 0 unspecified atom stereocenters. The fraction of sp³-hybridized carbons (Fsp3) is 0.571. The zero-order valence-corrected chi connectivity index (χ0v) is 10.2. The number of hydrogen-bond acceptors (Lipinski definition) is 5. The molecule has 0 rings (SSSR count). The largest absolute Gasteiger partial charge is 1.00 e. The molecule has 0 aromatic carbocycles. The van der Waals surface area contributed by atoms with Crippen LogP contribution in [0.25, 0.3) is 0 Å². The van der Waals surface area contributed by atoms with Crippen LogP contribution in [0.2, 0.25) is 0 Å². The fourth-order valence-electron chi connectivity index (χ4n) is 0.572. The summed E-state index contributed by atoms with van der Waals surface area (Å²) in [5.74, 6) is -1.30. The summed E-state index contributed by atoms with van der Waals surface area (Å²) in [4.78, 5) is 10.5. The standard InChI is InChI=1S/C7H12O5.Na/c1-10-6(9)4-5(8)7(11-2)12-3;/h4,7-8H,1-3H3;/q;+1/p-1/b5-4-;. The molecule has 0 bridgehead atoms. The van der Waals surface area contributed by atoms with E-state index in [1.165, 1.54) is 21.3 Å². The van der Waals surface area contributed by atoms with Crippen molar-refractivity contribution in [2.24, 2.45) is 0 Å². The van der Waals surface area contributed by atoms with E-state index in [1.54, 1.807) is 0 Å². The molecule has 5 nitrogen and oxygen atoms in total. The Balaban J connectivity index is 0. The number of esters is 1. The van der Waals surface area contributed by atoms with Gasteiger partial charge in [0.1, 0.15) is 0 Å². The Morgan fingerprint density at radius 3 is 2.08 bits per heavy atom. The molecule has 6 heteroatoms. The van der Waals surface area contributed by atoms with Crippen LogP contribution in [0.5, 0.6) is 0 Å². The minimum atomic E-state index is -1.04. The summed E-state index contributed by atoms with van der Waals surface area (Å²) in [5.41, 5.74) is 0. The second kappa shape index (κ2) is 8.52. The molecule has 0 aromatic rings. The van der Waals surface area contributed by atoms with E-state index in [4.69, 9.17) is 0 Å². The van der Waals surface area contributed by atoms with E-state index in [2.05, 4.69) is 14.2 Å². The molecule has 0 aliphatic rings. The second-order valence-corrected chi connectivity index (χ2v) is 1.87. The zero-order chi connectivity index (χ0) is 9.56. The van der Waals surface area contributed by atoms with Crippen LogP contribution >= 0.6 is 0 Å².